The minimum absolute atomic E-state index is 0.0770. The predicted octanol–water partition coefficient (Wildman–Crippen LogP) is 4.73. The molecular formula is C24H30Cl2N4O4. The van der Waals surface area contributed by atoms with Crippen LogP contribution in [0, 0.1) is 5.92 Å². The number of halogens is 2. The van der Waals surface area contributed by atoms with Gasteiger partial charge in [-0.3, -0.25) is 4.79 Å². The highest BCUT2D eigenvalue weighted by Gasteiger charge is 2.25. The molecule has 10 heteroatoms. The molecule has 0 radical (unpaired) electrons. The fourth-order valence-corrected chi connectivity index (χ4v) is 4.18. The van der Waals surface area contributed by atoms with Crippen molar-refractivity contribution in [1.82, 2.24) is 10.2 Å². The first-order valence-corrected chi connectivity index (χ1v) is 11.7. The molecule has 3 N–H and O–H groups in total. The van der Waals surface area contributed by atoms with Crippen LogP contribution in [0.5, 0.6) is 5.75 Å². The van der Waals surface area contributed by atoms with Gasteiger partial charge < -0.3 is 30.3 Å². The number of anilines is 2. The summed E-state index contributed by atoms with van der Waals surface area (Å²) in [4.78, 5) is 27.5. The molecule has 1 aliphatic heterocycles. The standard InChI is InChI=1S/C24H30Cl2N4O4/c1-14-11-27-15(2)13-34-21-6-5-18(10-20(21)23(31)30(3)12-22(14)33-4)28-24(32)29-19-8-16(25)7-17(26)9-19/h5-10,14-15,22,27H,11-13H2,1-4H3,(H2,28,29,32)/t14-,15-,22-/m0/s1. The topological polar surface area (TPSA) is 91.9 Å². The average molecular weight is 509 g/mol. The smallest absolute Gasteiger partial charge is 0.323 e. The van der Waals surface area contributed by atoms with Crippen LogP contribution in [0.25, 0.3) is 0 Å². The Morgan fingerprint density at radius 2 is 1.79 bits per heavy atom. The Kier molecular flexibility index (Phi) is 9.02. The Balaban J connectivity index is 1.83. The first-order valence-electron chi connectivity index (χ1n) is 11.0. The van der Waals surface area contributed by atoms with Crippen molar-refractivity contribution in [3.05, 3.63) is 52.0 Å². The molecule has 2 aromatic rings. The number of hydrogen-bond acceptors (Lipinski definition) is 5. The van der Waals surface area contributed by atoms with E-state index in [4.69, 9.17) is 32.7 Å². The van der Waals surface area contributed by atoms with Gasteiger partial charge in [-0.1, -0.05) is 30.1 Å². The number of rotatable bonds is 3. The van der Waals surface area contributed by atoms with Crippen molar-refractivity contribution >= 4 is 46.5 Å². The van der Waals surface area contributed by atoms with Crippen LogP contribution in [0.1, 0.15) is 24.2 Å². The van der Waals surface area contributed by atoms with Crippen molar-refractivity contribution in [2.75, 3.05) is 44.5 Å². The fraction of sp³-hybridized carbons (Fsp3) is 0.417. The van der Waals surface area contributed by atoms with Gasteiger partial charge in [-0.25, -0.2) is 4.79 Å². The Morgan fingerprint density at radius 1 is 1.12 bits per heavy atom. The van der Waals surface area contributed by atoms with Crippen molar-refractivity contribution in [2.24, 2.45) is 5.92 Å². The van der Waals surface area contributed by atoms with Gasteiger partial charge in [0.15, 0.2) is 0 Å². The predicted molar refractivity (Wildman–Crippen MR) is 135 cm³/mol. The maximum atomic E-state index is 13.3. The zero-order valence-corrected chi connectivity index (χ0v) is 21.2. The van der Waals surface area contributed by atoms with Gasteiger partial charge in [0, 0.05) is 54.7 Å². The Morgan fingerprint density at radius 3 is 2.47 bits per heavy atom. The van der Waals surface area contributed by atoms with Gasteiger partial charge in [-0.05, 0) is 49.2 Å². The fourth-order valence-electron chi connectivity index (χ4n) is 3.66. The first-order chi connectivity index (χ1) is 16.2. The van der Waals surface area contributed by atoms with Gasteiger partial charge in [0.05, 0.1) is 11.7 Å². The van der Waals surface area contributed by atoms with Crippen LogP contribution in [-0.4, -0.2) is 62.8 Å². The number of nitrogens with zero attached hydrogens (tertiary/aromatic N) is 1. The van der Waals surface area contributed by atoms with E-state index in [9.17, 15) is 9.59 Å². The second kappa shape index (κ2) is 11.8. The molecule has 3 rings (SSSR count). The zero-order chi connectivity index (χ0) is 24.8. The Labute approximate surface area is 209 Å². The molecule has 0 fully saturated rings. The lowest BCUT2D eigenvalue weighted by Gasteiger charge is -2.30. The molecule has 8 nitrogen and oxygen atoms in total. The molecule has 0 unspecified atom stereocenters. The maximum absolute atomic E-state index is 13.3. The number of methoxy groups -OCH3 is 1. The number of urea groups is 1. The number of carbonyl (C=O) groups is 2. The molecule has 0 saturated carbocycles. The highest BCUT2D eigenvalue weighted by atomic mass is 35.5. The average Bonchev–Trinajstić information content (AvgIpc) is 2.77. The van der Waals surface area contributed by atoms with Gasteiger partial charge in [-0.2, -0.15) is 0 Å². The second-order valence-corrected chi connectivity index (χ2v) is 9.38. The SMILES string of the molecule is CO[C@H]1CN(C)C(=O)c2cc(NC(=O)Nc3cc(Cl)cc(Cl)c3)ccc2OC[C@H](C)NC[C@@H]1C. The molecular weight excluding hydrogens is 479 g/mol. The molecule has 1 heterocycles. The molecule has 0 aliphatic carbocycles. The van der Waals surface area contributed by atoms with E-state index in [0.717, 1.165) is 6.54 Å². The van der Waals surface area contributed by atoms with E-state index in [2.05, 4.69) is 22.9 Å². The number of hydrogen-bond donors (Lipinski definition) is 3. The van der Waals surface area contributed by atoms with Gasteiger partial charge >= 0.3 is 6.03 Å². The number of fused-ring (bicyclic) bond motifs is 1. The van der Waals surface area contributed by atoms with Crippen molar-refractivity contribution < 1.29 is 19.1 Å². The van der Waals surface area contributed by atoms with E-state index < -0.39 is 6.03 Å². The highest BCUT2D eigenvalue weighted by molar-refractivity contribution is 6.35. The van der Waals surface area contributed by atoms with Gasteiger partial charge in [-0.15, -0.1) is 0 Å². The summed E-state index contributed by atoms with van der Waals surface area (Å²) in [5.41, 5.74) is 1.23. The summed E-state index contributed by atoms with van der Waals surface area (Å²) in [6.07, 6.45) is -0.131. The van der Waals surface area contributed by atoms with Crippen LogP contribution >= 0.6 is 23.2 Å². The van der Waals surface area contributed by atoms with Crippen molar-refractivity contribution in [1.29, 1.82) is 0 Å². The lowest BCUT2D eigenvalue weighted by atomic mass is 10.0. The lowest BCUT2D eigenvalue weighted by Crippen LogP contribution is -2.44. The number of carbonyl (C=O) groups excluding carboxylic acids is 2. The second-order valence-electron chi connectivity index (χ2n) is 8.51. The summed E-state index contributed by atoms with van der Waals surface area (Å²) < 4.78 is 11.6. The van der Waals surface area contributed by atoms with Gasteiger partial charge in [0.2, 0.25) is 0 Å². The summed E-state index contributed by atoms with van der Waals surface area (Å²) in [5, 5.41) is 9.67. The third-order valence-corrected chi connectivity index (χ3v) is 6.04. The molecule has 2 aromatic carbocycles. The number of nitrogens with one attached hydrogen (secondary N) is 3. The summed E-state index contributed by atoms with van der Waals surface area (Å²) >= 11 is 12.0. The van der Waals surface area contributed by atoms with E-state index in [-0.39, 0.29) is 24.0 Å². The van der Waals surface area contributed by atoms with Crippen molar-refractivity contribution in [3.63, 3.8) is 0 Å². The largest absolute Gasteiger partial charge is 0.491 e. The Bertz CT molecular complexity index is 1020. The number of likely N-dealkylation sites (N-methyl/N-ethyl adjacent to an activating group) is 1. The van der Waals surface area contributed by atoms with E-state index >= 15 is 0 Å². The van der Waals surface area contributed by atoms with Gasteiger partial charge in [0.25, 0.3) is 5.91 Å². The Hall–Kier alpha value is -2.52. The van der Waals surface area contributed by atoms with Crippen LogP contribution in [0.3, 0.4) is 0 Å². The molecule has 0 spiro atoms. The zero-order valence-electron chi connectivity index (χ0n) is 19.7. The minimum Gasteiger partial charge on any atom is -0.491 e. The summed E-state index contributed by atoms with van der Waals surface area (Å²) in [6.45, 7) is 5.65. The van der Waals surface area contributed by atoms with E-state index in [1.165, 1.54) is 0 Å². The summed E-state index contributed by atoms with van der Waals surface area (Å²) in [5.74, 6) is 0.412. The molecule has 0 aromatic heterocycles. The van der Waals surface area contributed by atoms with Crippen LogP contribution in [0.4, 0.5) is 16.2 Å². The van der Waals surface area contributed by atoms with E-state index in [0.29, 0.717) is 45.9 Å². The lowest BCUT2D eigenvalue weighted by molar-refractivity contribution is 0.0281. The summed E-state index contributed by atoms with van der Waals surface area (Å²) in [7, 11) is 3.38. The van der Waals surface area contributed by atoms with Crippen LogP contribution in [0.2, 0.25) is 10.0 Å². The first kappa shape index (κ1) is 26.1. The molecule has 3 amide bonds. The summed E-state index contributed by atoms with van der Waals surface area (Å²) in [6, 6.07) is 9.29. The van der Waals surface area contributed by atoms with Crippen molar-refractivity contribution in [2.45, 2.75) is 26.0 Å². The number of benzene rings is 2. The van der Waals surface area contributed by atoms with E-state index in [1.807, 2.05) is 6.92 Å². The molecule has 0 saturated heterocycles. The molecule has 184 valence electrons. The maximum Gasteiger partial charge on any atom is 0.323 e. The quantitative estimate of drug-likeness (QED) is 0.557. The third-order valence-electron chi connectivity index (χ3n) is 5.60. The van der Waals surface area contributed by atoms with E-state index in [1.54, 1.807) is 55.5 Å². The van der Waals surface area contributed by atoms with Crippen LogP contribution in [0.15, 0.2) is 36.4 Å². The molecule has 3 atom stereocenters. The molecule has 0 bridgehead atoms. The third kappa shape index (κ3) is 6.99. The van der Waals surface area contributed by atoms with Gasteiger partial charge in [0.1, 0.15) is 12.4 Å². The number of ether oxygens (including phenoxy) is 2. The van der Waals surface area contributed by atoms with Crippen molar-refractivity contribution in [3.8, 4) is 5.75 Å². The molecule has 34 heavy (non-hydrogen) atoms. The molecule has 1 aliphatic rings. The normalized spacial score (nSPS) is 21.5. The highest BCUT2D eigenvalue weighted by Crippen LogP contribution is 2.26. The number of amides is 3. The van der Waals surface area contributed by atoms with Crippen LogP contribution < -0.4 is 20.7 Å². The van der Waals surface area contributed by atoms with Crippen LogP contribution in [-0.2, 0) is 4.74 Å². The minimum atomic E-state index is -0.501. The monoisotopic (exact) mass is 508 g/mol.